The summed E-state index contributed by atoms with van der Waals surface area (Å²) in [5.74, 6) is -1.13. The van der Waals surface area contributed by atoms with Crippen LogP contribution in [0.4, 0.5) is 5.69 Å². The number of aryl methyl sites for hydroxylation is 1. The summed E-state index contributed by atoms with van der Waals surface area (Å²) in [6.07, 6.45) is 3.01. The van der Waals surface area contributed by atoms with Crippen molar-refractivity contribution in [1.82, 2.24) is 10.7 Å². The van der Waals surface area contributed by atoms with Gasteiger partial charge in [0.15, 0.2) is 18.1 Å². The van der Waals surface area contributed by atoms with Gasteiger partial charge < -0.3 is 20.1 Å². The van der Waals surface area contributed by atoms with E-state index in [4.69, 9.17) is 9.47 Å². The Morgan fingerprint density at radius 1 is 1.03 bits per heavy atom. The first-order valence-corrected chi connectivity index (χ1v) is 10.7. The molecule has 0 unspecified atom stereocenters. The van der Waals surface area contributed by atoms with E-state index in [1.807, 2.05) is 31.2 Å². The van der Waals surface area contributed by atoms with Gasteiger partial charge in [0, 0.05) is 11.7 Å². The Hall–Kier alpha value is -3.88. The average Bonchev–Trinajstić information content (AvgIpc) is 2.83. The Bertz CT molecular complexity index is 989. The Morgan fingerprint density at radius 3 is 2.39 bits per heavy atom. The predicted octanol–water partition coefficient (Wildman–Crippen LogP) is 2.64. The van der Waals surface area contributed by atoms with Crippen molar-refractivity contribution < 1.29 is 23.9 Å². The number of amides is 3. The van der Waals surface area contributed by atoms with E-state index in [-0.39, 0.29) is 18.6 Å². The van der Waals surface area contributed by atoms with E-state index in [9.17, 15) is 14.4 Å². The average molecular weight is 455 g/mol. The first-order chi connectivity index (χ1) is 15.9. The number of carbonyl (C=O) groups excluding carboxylic acids is 3. The highest BCUT2D eigenvalue weighted by Crippen LogP contribution is 2.27. The molecule has 1 atom stereocenters. The van der Waals surface area contributed by atoms with Crippen LogP contribution in [0.15, 0.2) is 47.6 Å². The maximum atomic E-state index is 12.2. The van der Waals surface area contributed by atoms with E-state index in [2.05, 4.69) is 28.1 Å². The van der Waals surface area contributed by atoms with E-state index in [0.29, 0.717) is 29.2 Å². The van der Waals surface area contributed by atoms with Crippen LogP contribution in [0, 0.1) is 0 Å². The number of hydrogen-bond acceptors (Lipinski definition) is 6. The molecule has 0 heterocycles. The maximum Gasteiger partial charge on any atom is 0.329 e. The molecule has 33 heavy (non-hydrogen) atoms. The molecule has 0 saturated heterocycles. The third-order valence-corrected chi connectivity index (χ3v) is 4.77. The molecule has 0 bridgehead atoms. The number of nitrogens with zero attached hydrogens (tertiary/aromatic N) is 1. The van der Waals surface area contributed by atoms with Crippen LogP contribution in [0.1, 0.15) is 38.3 Å². The fraction of sp³-hybridized carbons (Fsp3) is 0.333. The van der Waals surface area contributed by atoms with Gasteiger partial charge in [-0.15, -0.1) is 0 Å². The summed E-state index contributed by atoms with van der Waals surface area (Å²) in [6.45, 7) is 5.58. The molecule has 0 saturated carbocycles. The van der Waals surface area contributed by atoms with Gasteiger partial charge in [-0.25, -0.2) is 5.43 Å². The first-order valence-electron chi connectivity index (χ1n) is 10.7. The smallest absolute Gasteiger partial charge is 0.329 e. The highest BCUT2D eigenvalue weighted by atomic mass is 16.5. The molecule has 3 N–H and O–H groups in total. The topological polar surface area (TPSA) is 118 Å². The number of nitrogens with one attached hydrogen (secondary N) is 3. The minimum absolute atomic E-state index is 0.104. The van der Waals surface area contributed by atoms with Crippen molar-refractivity contribution in [2.75, 3.05) is 19.0 Å². The third kappa shape index (κ3) is 8.29. The number of hydrazone groups is 1. The number of ether oxygens (including phenoxy) is 2. The van der Waals surface area contributed by atoms with E-state index in [1.54, 1.807) is 25.1 Å². The molecule has 9 nitrogen and oxygen atoms in total. The molecule has 0 spiro atoms. The summed E-state index contributed by atoms with van der Waals surface area (Å²) in [6, 6.07) is 12.4. The lowest BCUT2D eigenvalue weighted by molar-refractivity contribution is -0.139. The zero-order valence-corrected chi connectivity index (χ0v) is 19.3. The molecular formula is C24H30N4O5. The molecule has 3 amide bonds. The van der Waals surface area contributed by atoms with E-state index >= 15 is 0 Å². The third-order valence-electron chi connectivity index (χ3n) is 4.77. The fourth-order valence-electron chi connectivity index (χ4n) is 2.66. The molecule has 2 aromatic rings. The van der Waals surface area contributed by atoms with Crippen molar-refractivity contribution in [3.63, 3.8) is 0 Å². The molecule has 176 valence electrons. The van der Waals surface area contributed by atoms with Crippen molar-refractivity contribution in [1.29, 1.82) is 0 Å². The highest BCUT2D eigenvalue weighted by molar-refractivity contribution is 6.35. The van der Waals surface area contributed by atoms with Crippen molar-refractivity contribution in [3.8, 4) is 11.5 Å². The summed E-state index contributed by atoms with van der Waals surface area (Å²) in [4.78, 5) is 35.6. The maximum absolute atomic E-state index is 12.2. The van der Waals surface area contributed by atoms with Gasteiger partial charge >= 0.3 is 11.8 Å². The lowest BCUT2D eigenvalue weighted by Crippen LogP contribution is -2.41. The van der Waals surface area contributed by atoms with Crippen LogP contribution in [0.3, 0.4) is 0 Å². The summed E-state index contributed by atoms with van der Waals surface area (Å²) < 4.78 is 10.9. The number of methoxy groups -OCH3 is 1. The quantitative estimate of drug-likeness (QED) is 0.290. The van der Waals surface area contributed by atoms with Crippen LogP contribution in [-0.2, 0) is 20.8 Å². The number of rotatable bonds is 10. The monoisotopic (exact) mass is 454 g/mol. The molecule has 0 radical (unpaired) electrons. The van der Waals surface area contributed by atoms with Crippen molar-refractivity contribution >= 4 is 29.6 Å². The van der Waals surface area contributed by atoms with Crippen molar-refractivity contribution in [2.45, 2.75) is 39.7 Å². The first kappa shape index (κ1) is 25.4. The zero-order valence-electron chi connectivity index (χ0n) is 19.3. The lowest BCUT2D eigenvalue weighted by atomic mass is 10.1. The predicted molar refractivity (Wildman–Crippen MR) is 127 cm³/mol. The molecule has 0 fully saturated rings. The molecule has 0 aliphatic heterocycles. The van der Waals surface area contributed by atoms with Crippen LogP contribution in [0.5, 0.6) is 11.5 Å². The summed E-state index contributed by atoms with van der Waals surface area (Å²) >= 11 is 0. The minimum atomic E-state index is -0.853. The number of carbonyl (C=O) groups is 3. The lowest BCUT2D eigenvalue weighted by Gasteiger charge is -2.12. The second kappa shape index (κ2) is 12.8. The van der Waals surface area contributed by atoms with Gasteiger partial charge in [0.2, 0.25) is 0 Å². The highest BCUT2D eigenvalue weighted by Gasteiger charge is 2.14. The van der Waals surface area contributed by atoms with Crippen molar-refractivity contribution in [3.05, 3.63) is 53.6 Å². The second-order valence-electron chi connectivity index (χ2n) is 7.28. The molecule has 2 aromatic carbocycles. The van der Waals surface area contributed by atoms with Crippen LogP contribution in [0.2, 0.25) is 0 Å². The zero-order chi connectivity index (χ0) is 24.2. The number of hydrogen-bond donors (Lipinski definition) is 3. The van der Waals surface area contributed by atoms with Gasteiger partial charge in [-0.05, 0) is 61.2 Å². The minimum Gasteiger partial charge on any atom is -0.493 e. The number of anilines is 1. The van der Waals surface area contributed by atoms with Gasteiger partial charge in [-0.2, -0.15) is 5.10 Å². The molecule has 0 aliphatic rings. The molecular weight excluding hydrogens is 424 g/mol. The summed E-state index contributed by atoms with van der Waals surface area (Å²) in [5, 5.41) is 9.12. The summed E-state index contributed by atoms with van der Waals surface area (Å²) in [7, 11) is 1.47. The van der Waals surface area contributed by atoms with Crippen LogP contribution in [-0.4, -0.2) is 43.7 Å². The van der Waals surface area contributed by atoms with Gasteiger partial charge in [0.05, 0.1) is 13.3 Å². The van der Waals surface area contributed by atoms with Crippen LogP contribution >= 0.6 is 0 Å². The fourth-order valence-corrected chi connectivity index (χ4v) is 2.66. The number of benzene rings is 2. The van der Waals surface area contributed by atoms with E-state index < -0.39 is 11.8 Å². The van der Waals surface area contributed by atoms with Gasteiger partial charge in [0.1, 0.15) is 0 Å². The summed E-state index contributed by atoms with van der Waals surface area (Å²) in [5.41, 5.74) is 4.66. The molecule has 0 aliphatic carbocycles. The second-order valence-corrected chi connectivity index (χ2v) is 7.28. The normalized spacial score (nSPS) is 11.5. The molecule has 0 aromatic heterocycles. The standard InChI is InChI=1S/C24H30N4O5/c1-5-16(3)26-23(30)24(31)28-25-14-18-9-12-20(21(13-18)32-4)33-15-22(29)27-19-10-7-17(6-2)8-11-19/h7-14,16H,5-6,15H2,1-4H3,(H,26,30)(H,27,29)(H,28,31)/b25-14-/t16-/m0/s1. The molecule has 2 rings (SSSR count). The Labute approximate surface area is 193 Å². The Kier molecular flexibility index (Phi) is 9.88. The van der Waals surface area contributed by atoms with E-state index in [1.165, 1.54) is 18.9 Å². The Balaban J connectivity index is 1.90. The molecule has 9 heteroatoms. The Morgan fingerprint density at radius 2 is 1.76 bits per heavy atom. The van der Waals surface area contributed by atoms with Crippen LogP contribution < -0.4 is 25.5 Å². The van der Waals surface area contributed by atoms with Gasteiger partial charge in [-0.3, -0.25) is 14.4 Å². The van der Waals surface area contributed by atoms with Gasteiger partial charge in [-0.1, -0.05) is 26.0 Å². The van der Waals surface area contributed by atoms with E-state index in [0.717, 1.165) is 6.42 Å². The van der Waals surface area contributed by atoms with Crippen LogP contribution in [0.25, 0.3) is 0 Å². The largest absolute Gasteiger partial charge is 0.493 e. The van der Waals surface area contributed by atoms with Gasteiger partial charge in [0.25, 0.3) is 5.91 Å². The van der Waals surface area contributed by atoms with Crippen molar-refractivity contribution in [2.24, 2.45) is 5.10 Å². The SMILES string of the molecule is CCc1ccc(NC(=O)COc2ccc(/C=N\NC(=O)C(=O)N[C@@H](C)CC)cc2OC)cc1.